The van der Waals surface area contributed by atoms with Crippen molar-refractivity contribution in [2.75, 3.05) is 20.8 Å². The van der Waals surface area contributed by atoms with Crippen LogP contribution < -0.4 is 20.7 Å². The predicted molar refractivity (Wildman–Crippen MR) is 123 cm³/mol. The van der Waals surface area contributed by atoms with Gasteiger partial charge in [-0.2, -0.15) is 8.42 Å². The van der Waals surface area contributed by atoms with Gasteiger partial charge in [-0.1, -0.05) is 25.8 Å². The van der Waals surface area contributed by atoms with Crippen LogP contribution in [0.15, 0.2) is 38.9 Å². The van der Waals surface area contributed by atoms with Crippen molar-refractivity contribution in [2.45, 2.75) is 62.0 Å². The number of hydrogen-bond donors (Lipinski definition) is 3. The van der Waals surface area contributed by atoms with Gasteiger partial charge in [0, 0.05) is 11.8 Å². The van der Waals surface area contributed by atoms with Gasteiger partial charge in [0.1, 0.15) is 29.8 Å². The number of rotatable bonds is 11. The molecule has 194 valence electrons. The number of benzene rings is 1. The van der Waals surface area contributed by atoms with Gasteiger partial charge in [0.2, 0.25) is 0 Å². The predicted octanol–water partition coefficient (Wildman–Crippen LogP) is 0.311. The van der Waals surface area contributed by atoms with Gasteiger partial charge in [0.05, 0.1) is 20.8 Å². The fraction of sp³-hybridized carbons (Fsp3) is 0.545. The molecule has 13 heteroatoms. The first kappa shape index (κ1) is 26.9. The van der Waals surface area contributed by atoms with Gasteiger partial charge in [-0.3, -0.25) is 18.5 Å². The molecule has 1 aliphatic rings. The molecule has 1 aromatic carbocycles. The second kappa shape index (κ2) is 11.4. The molecule has 3 N–H and O–H groups in total. The summed E-state index contributed by atoms with van der Waals surface area (Å²) in [4.78, 5) is 26.4. The second-order valence-corrected chi connectivity index (χ2v) is 9.61. The van der Waals surface area contributed by atoms with E-state index in [4.69, 9.17) is 18.4 Å². The number of aliphatic hydroxyl groups is 2. The summed E-state index contributed by atoms with van der Waals surface area (Å²) in [5.41, 5.74) is -1.04. The summed E-state index contributed by atoms with van der Waals surface area (Å²) >= 11 is 0. The zero-order chi connectivity index (χ0) is 25.8. The van der Waals surface area contributed by atoms with E-state index in [-0.39, 0.29) is 16.4 Å². The fourth-order valence-electron chi connectivity index (χ4n) is 3.84. The van der Waals surface area contributed by atoms with Crippen LogP contribution >= 0.6 is 0 Å². The molecule has 1 saturated heterocycles. The number of nitrogens with one attached hydrogen (secondary N) is 1. The van der Waals surface area contributed by atoms with Crippen molar-refractivity contribution < 1.29 is 37.0 Å². The zero-order valence-corrected chi connectivity index (χ0v) is 20.5. The molecular weight excluding hydrogens is 484 g/mol. The Balaban J connectivity index is 1.80. The Kier molecular flexibility index (Phi) is 8.72. The molecule has 1 fully saturated rings. The van der Waals surface area contributed by atoms with E-state index in [2.05, 4.69) is 4.98 Å². The van der Waals surface area contributed by atoms with Crippen LogP contribution in [-0.2, 0) is 25.5 Å². The summed E-state index contributed by atoms with van der Waals surface area (Å²) in [6.07, 6.45) is -1.54. The number of methoxy groups -OCH3 is 2. The Morgan fingerprint density at radius 3 is 2.34 bits per heavy atom. The summed E-state index contributed by atoms with van der Waals surface area (Å²) in [7, 11) is -1.85. The molecule has 0 aliphatic carbocycles. The van der Waals surface area contributed by atoms with Crippen LogP contribution in [0.4, 0.5) is 0 Å². The van der Waals surface area contributed by atoms with Crippen molar-refractivity contribution in [1.82, 2.24) is 9.55 Å². The third-order valence-corrected chi connectivity index (χ3v) is 7.07. The van der Waals surface area contributed by atoms with Crippen LogP contribution in [0.2, 0.25) is 0 Å². The number of nitrogens with zero attached hydrogens (tertiary/aromatic N) is 1. The van der Waals surface area contributed by atoms with E-state index in [1.807, 2.05) is 6.92 Å². The van der Waals surface area contributed by atoms with Crippen LogP contribution in [0, 0.1) is 0 Å². The van der Waals surface area contributed by atoms with Crippen LogP contribution in [0.1, 0.15) is 38.0 Å². The number of H-pyrrole nitrogens is 1. The average molecular weight is 515 g/mol. The van der Waals surface area contributed by atoms with Gasteiger partial charge in [0.25, 0.3) is 5.56 Å². The highest BCUT2D eigenvalue weighted by atomic mass is 32.2. The SMILES string of the molecule is CCCCCc1cn(C2OC(COS(=O)(=O)c3c(OC)cccc3OC)C(O)C2O)c(=O)[nH]c1=O. The van der Waals surface area contributed by atoms with Crippen molar-refractivity contribution in [3.05, 3.63) is 50.8 Å². The first-order valence-corrected chi connectivity index (χ1v) is 12.5. The van der Waals surface area contributed by atoms with Crippen molar-refractivity contribution >= 4 is 10.1 Å². The van der Waals surface area contributed by atoms with E-state index in [1.165, 1.54) is 32.5 Å². The largest absolute Gasteiger partial charge is 0.495 e. The lowest BCUT2D eigenvalue weighted by Gasteiger charge is -2.18. The number of ether oxygens (including phenoxy) is 3. The molecule has 2 heterocycles. The molecule has 4 atom stereocenters. The maximum Gasteiger partial charge on any atom is 0.330 e. The van der Waals surface area contributed by atoms with Gasteiger partial charge in [0.15, 0.2) is 11.1 Å². The summed E-state index contributed by atoms with van der Waals surface area (Å²) < 4.78 is 47.6. The molecule has 1 aliphatic heterocycles. The summed E-state index contributed by atoms with van der Waals surface area (Å²) in [6.45, 7) is 1.35. The monoisotopic (exact) mass is 514 g/mol. The molecule has 1 aromatic heterocycles. The molecular formula is C22H30N2O10S. The van der Waals surface area contributed by atoms with Crippen LogP contribution in [0.5, 0.6) is 11.5 Å². The highest BCUT2D eigenvalue weighted by Crippen LogP contribution is 2.35. The van der Waals surface area contributed by atoms with Crippen molar-refractivity contribution in [3.63, 3.8) is 0 Å². The van der Waals surface area contributed by atoms with Crippen molar-refractivity contribution in [2.24, 2.45) is 0 Å². The standard InChI is InChI=1S/C22H30N2O10S/c1-4-5-6-8-13-11-24(22(28)23-20(13)27)21-18(26)17(25)16(34-21)12-33-35(29,30)19-14(31-2)9-7-10-15(19)32-3/h7,9-11,16-18,21,25-26H,4-6,8,12H2,1-3H3,(H,23,27,28). The van der Waals surface area contributed by atoms with Gasteiger partial charge >= 0.3 is 15.8 Å². The van der Waals surface area contributed by atoms with E-state index in [9.17, 15) is 28.2 Å². The number of aryl methyl sites for hydroxylation is 1. The van der Waals surface area contributed by atoms with Gasteiger partial charge in [-0.05, 0) is 25.0 Å². The first-order valence-electron chi connectivity index (χ1n) is 11.1. The quantitative estimate of drug-likeness (QED) is 0.280. The Hall–Kier alpha value is -2.71. The lowest BCUT2D eigenvalue weighted by atomic mass is 10.1. The number of aliphatic hydroxyl groups excluding tert-OH is 2. The fourth-order valence-corrected chi connectivity index (χ4v) is 5.06. The number of aromatic nitrogens is 2. The van der Waals surface area contributed by atoms with Crippen LogP contribution in [-0.4, -0.2) is 67.3 Å². The molecule has 0 saturated carbocycles. The maximum atomic E-state index is 12.9. The highest BCUT2D eigenvalue weighted by Gasteiger charge is 2.45. The molecule has 0 radical (unpaired) electrons. The smallest absolute Gasteiger partial charge is 0.330 e. The van der Waals surface area contributed by atoms with Gasteiger partial charge in [-0.15, -0.1) is 0 Å². The molecule has 0 spiro atoms. The number of unbranched alkanes of at least 4 members (excludes halogenated alkanes) is 2. The van der Waals surface area contributed by atoms with E-state index < -0.39 is 52.5 Å². The number of aromatic amines is 1. The van der Waals surface area contributed by atoms with E-state index >= 15 is 0 Å². The molecule has 0 amide bonds. The van der Waals surface area contributed by atoms with Crippen molar-refractivity contribution in [1.29, 1.82) is 0 Å². The minimum Gasteiger partial charge on any atom is -0.495 e. The molecule has 3 rings (SSSR count). The van der Waals surface area contributed by atoms with Gasteiger partial charge < -0.3 is 24.4 Å². The summed E-state index contributed by atoms with van der Waals surface area (Å²) in [5, 5.41) is 21.0. The van der Waals surface area contributed by atoms with Crippen LogP contribution in [0.3, 0.4) is 0 Å². The summed E-state index contributed by atoms with van der Waals surface area (Å²) in [6, 6.07) is 4.38. The number of hydrogen-bond acceptors (Lipinski definition) is 10. The van der Waals surface area contributed by atoms with E-state index in [0.29, 0.717) is 12.0 Å². The Labute approximate surface area is 202 Å². The first-order chi connectivity index (χ1) is 16.6. The Morgan fingerprint density at radius 1 is 1.09 bits per heavy atom. The Bertz CT molecular complexity index is 1220. The third-order valence-electron chi connectivity index (χ3n) is 5.72. The molecule has 2 aromatic rings. The van der Waals surface area contributed by atoms with E-state index in [0.717, 1.165) is 23.8 Å². The average Bonchev–Trinajstić information content (AvgIpc) is 3.12. The zero-order valence-electron chi connectivity index (χ0n) is 19.7. The second-order valence-electron chi connectivity index (χ2n) is 8.05. The maximum absolute atomic E-state index is 12.9. The molecule has 35 heavy (non-hydrogen) atoms. The van der Waals surface area contributed by atoms with Gasteiger partial charge in [-0.25, -0.2) is 4.79 Å². The molecule has 12 nitrogen and oxygen atoms in total. The highest BCUT2D eigenvalue weighted by molar-refractivity contribution is 7.87. The molecule has 4 unspecified atom stereocenters. The minimum absolute atomic E-state index is 0.00876. The Morgan fingerprint density at radius 2 is 1.74 bits per heavy atom. The normalized spacial score (nSPS) is 22.3. The lowest BCUT2D eigenvalue weighted by Crippen LogP contribution is -2.39. The lowest BCUT2D eigenvalue weighted by molar-refractivity contribution is -0.0510. The minimum atomic E-state index is -4.43. The third kappa shape index (κ3) is 5.76. The topological polar surface area (TPSA) is 166 Å². The van der Waals surface area contributed by atoms with Crippen molar-refractivity contribution in [3.8, 4) is 11.5 Å². The van der Waals surface area contributed by atoms with E-state index in [1.54, 1.807) is 6.07 Å². The van der Waals surface area contributed by atoms with Crippen LogP contribution in [0.25, 0.3) is 0 Å². The summed E-state index contributed by atoms with van der Waals surface area (Å²) in [5.74, 6) is -0.0175. The molecule has 0 bridgehead atoms.